The number of aromatic nitrogens is 1. The third-order valence-electron chi connectivity index (χ3n) is 7.61. The van der Waals surface area contributed by atoms with E-state index in [1.165, 1.54) is 0 Å². The Morgan fingerprint density at radius 1 is 0.848 bits per heavy atom. The van der Waals surface area contributed by atoms with E-state index in [1.54, 1.807) is 6.07 Å². The van der Waals surface area contributed by atoms with Gasteiger partial charge in [-0.3, -0.25) is 4.79 Å². The Kier molecular flexibility index (Phi) is 11.2. The standard InChI is InChI=1S/C36H39N3O7/c1-24-23-26(34(40)38-17-20-44-22-21-43-19-16-37)14-15-27(24)29-10-5-11-30-31(35(39-33(29)30)46-36(41)42)12-6-18-45-32-13-4-8-25-7-2-3-9-28(25)32/h2-5,7-11,13-15,23,39H,6,12,16-22,37H2,1H3,(H,38,40)(H,41,42). The van der Waals surface area contributed by atoms with Gasteiger partial charge in [0.05, 0.1) is 38.6 Å². The van der Waals surface area contributed by atoms with Gasteiger partial charge in [0.2, 0.25) is 5.88 Å². The van der Waals surface area contributed by atoms with Crippen molar-refractivity contribution in [1.29, 1.82) is 0 Å². The molecule has 1 heterocycles. The van der Waals surface area contributed by atoms with Gasteiger partial charge in [-0.2, -0.15) is 0 Å². The minimum absolute atomic E-state index is 0.194. The molecule has 240 valence electrons. The Morgan fingerprint density at radius 3 is 2.41 bits per heavy atom. The average molecular weight is 626 g/mol. The molecule has 46 heavy (non-hydrogen) atoms. The molecule has 0 spiro atoms. The number of rotatable bonds is 16. The van der Waals surface area contributed by atoms with E-state index in [9.17, 15) is 14.7 Å². The van der Waals surface area contributed by atoms with Crippen molar-refractivity contribution in [2.24, 2.45) is 5.73 Å². The number of nitrogens with two attached hydrogens (primary N) is 1. The Labute approximate surface area is 267 Å². The number of benzene rings is 4. The Balaban J connectivity index is 1.27. The number of carbonyl (C=O) groups excluding carboxylic acids is 1. The van der Waals surface area contributed by atoms with Crippen LogP contribution >= 0.6 is 0 Å². The molecule has 0 aliphatic heterocycles. The summed E-state index contributed by atoms with van der Waals surface area (Å²) in [7, 11) is 0. The van der Waals surface area contributed by atoms with E-state index >= 15 is 0 Å². The summed E-state index contributed by atoms with van der Waals surface area (Å²) in [6, 6.07) is 25.4. The van der Waals surface area contributed by atoms with Gasteiger partial charge in [-0.05, 0) is 54.5 Å². The molecule has 0 fully saturated rings. The maximum Gasteiger partial charge on any atom is 0.512 e. The van der Waals surface area contributed by atoms with Gasteiger partial charge in [0.15, 0.2) is 0 Å². The number of para-hydroxylation sites is 1. The third kappa shape index (κ3) is 8.02. The van der Waals surface area contributed by atoms with Gasteiger partial charge in [0, 0.05) is 40.6 Å². The monoisotopic (exact) mass is 625 g/mol. The summed E-state index contributed by atoms with van der Waals surface area (Å²) in [6.07, 6.45) is -0.204. The van der Waals surface area contributed by atoms with Crippen molar-refractivity contribution < 1.29 is 33.6 Å². The number of hydrogen-bond donors (Lipinski definition) is 4. The number of aryl methyl sites for hydroxylation is 2. The first-order valence-corrected chi connectivity index (χ1v) is 15.4. The molecule has 4 aromatic carbocycles. The van der Waals surface area contributed by atoms with Gasteiger partial charge < -0.3 is 40.1 Å². The molecule has 1 amide bonds. The van der Waals surface area contributed by atoms with Gasteiger partial charge in [0.1, 0.15) is 5.75 Å². The van der Waals surface area contributed by atoms with Crippen molar-refractivity contribution in [1.82, 2.24) is 10.3 Å². The van der Waals surface area contributed by atoms with Crippen LogP contribution in [0.2, 0.25) is 0 Å². The number of amides is 1. The lowest BCUT2D eigenvalue weighted by Gasteiger charge is -2.11. The number of aromatic amines is 1. The van der Waals surface area contributed by atoms with E-state index in [4.69, 9.17) is 24.7 Å². The molecule has 0 aliphatic rings. The van der Waals surface area contributed by atoms with Crippen molar-refractivity contribution in [2.45, 2.75) is 19.8 Å². The van der Waals surface area contributed by atoms with Crippen molar-refractivity contribution in [3.05, 3.63) is 95.6 Å². The number of nitrogens with one attached hydrogen (secondary N) is 2. The van der Waals surface area contributed by atoms with E-state index in [0.29, 0.717) is 64.5 Å². The minimum Gasteiger partial charge on any atom is -0.493 e. The lowest BCUT2D eigenvalue weighted by molar-refractivity contribution is 0.0511. The number of H-pyrrole nitrogens is 1. The maximum absolute atomic E-state index is 12.8. The first-order chi connectivity index (χ1) is 22.5. The summed E-state index contributed by atoms with van der Waals surface area (Å²) in [6.45, 7) is 5.01. The number of hydrogen-bond acceptors (Lipinski definition) is 7. The predicted octanol–water partition coefficient (Wildman–Crippen LogP) is 6.09. The van der Waals surface area contributed by atoms with Crippen LogP contribution in [0.5, 0.6) is 11.6 Å². The Bertz CT molecular complexity index is 1790. The number of carbonyl (C=O) groups is 2. The highest BCUT2D eigenvalue weighted by Crippen LogP contribution is 2.37. The lowest BCUT2D eigenvalue weighted by Crippen LogP contribution is -2.27. The fourth-order valence-electron chi connectivity index (χ4n) is 5.50. The van der Waals surface area contributed by atoms with Gasteiger partial charge in [0.25, 0.3) is 5.91 Å². The van der Waals surface area contributed by atoms with Gasteiger partial charge in [-0.1, -0.05) is 60.7 Å². The zero-order valence-corrected chi connectivity index (χ0v) is 25.8. The van der Waals surface area contributed by atoms with Gasteiger partial charge in [-0.15, -0.1) is 0 Å². The third-order valence-corrected chi connectivity index (χ3v) is 7.61. The number of ether oxygens (including phenoxy) is 4. The lowest BCUT2D eigenvalue weighted by atomic mass is 9.95. The van der Waals surface area contributed by atoms with Gasteiger partial charge >= 0.3 is 6.16 Å². The van der Waals surface area contributed by atoms with Crippen LogP contribution in [0.1, 0.15) is 27.9 Å². The molecule has 0 saturated heterocycles. The normalized spacial score (nSPS) is 11.2. The highest BCUT2D eigenvalue weighted by molar-refractivity contribution is 6.00. The fourth-order valence-corrected chi connectivity index (χ4v) is 5.50. The van der Waals surface area contributed by atoms with Crippen molar-refractivity contribution in [2.75, 3.05) is 46.1 Å². The number of carboxylic acid groups (broad SMARTS) is 1. The van der Waals surface area contributed by atoms with Crippen LogP contribution in [-0.2, 0) is 15.9 Å². The maximum atomic E-state index is 12.8. The summed E-state index contributed by atoms with van der Waals surface area (Å²) >= 11 is 0. The van der Waals surface area contributed by atoms with E-state index in [1.807, 2.05) is 79.7 Å². The first kappa shape index (κ1) is 32.5. The van der Waals surface area contributed by atoms with Crippen LogP contribution in [0.25, 0.3) is 32.8 Å². The second-order valence-electron chi connectivity index (χ2n) is 10.8. The molecule has 0 aliphatic carbocycles. The van der Waals surface area contributed by atoms with Crippen LogP contribution < -0.4 is 20.5 Å². The molecule has 0 atom stereocenters. The van der Waals surface area contributed by atoms with Crippen LogP contribution in [0.15, 0.2) is 78.9 Å². The van der Waals surface area contributed by atoms with Crippen LogP contribution in [0, 0.1) is 6.92 Å². The predicted molar refractivity (Wildman–Crippen MR) is 178 cm³/mol. The average Bonchev–Trinajstić information content (AvgIpc) is 3.40. The van der Waals surface area contributed by atoms with Crippen molar-refractivity contribution in [3.63, 3.8) is 0 Å². The molecule has 1 aromatic heterocycles. The second kappa shape index (κ2) is 15.9. The summed E-state index contributed by atoms with van der Waals surface area (Å²) in [5, 5.41) is 15.4. The van der Waals surface area contributed by atoms with Crippen LogP contribution in [0.3, 0.4) is 0 Å². The molecule has 5 N–H and O–H groups in total. The molecule has 10 heteroatoms. The fraction of sp³-hybridized carbons (Fsp3) is 0.278. The quantitative estimate of drug-likeness (QED) is 0.0762. The topological polar surface area (TPSA) is 145 Å². The Morgan fingerprint density at radius 2 is 1.61 bits per heavy atom. The molecule has 5 aromatic rings. The molecular weight excluding hydrogens is 586 g/mol. The summed E-state index contributed by atoms with van der Waals surface area (Å²) in [5.41, 5.74) is 10.1. The zero-order chi connectivity index (χ0) is 32.3. The SMILES string of the molecule is Cc1cc(C(=O)NCCOCCOCCN)ccc1-c1cccc2c(CCCOc3cccc4ccccc34)c(OC(=O)O)[nH]c12. The van der Waals surface area contributed by atoms with Crippen molar-refractivity contribution >= 4 is 33.7 Å². The summed E-state index contributed by atoms with van der Waals surface area (Å²) in [4.78, 5) is 27.6. The molecule has 0 bridgehead atoms. The van der Waals surface area contributed by atoms with E-state index < -0.39 is 6.16 Å². The smallest absolute Gasteiger partial charge is 0.493 e. The van der Waals surface area contributed by atoms with E-state index in [-0.39, 0.29) is 11.8 Å². The molecular formula is C36H39N3O7. The first-order valence-electron chi connectivity index (χ1n) is 15.4. The second-order valence-corrected chi connectivity index (χ2v) is 10.8. The largest absolute Gasteiger partial charge is 0.512 e. The highest BCUT2D eigenvalue weighted by Gasteiger charge is 2.19. The zero-order valence-electron chi connectivity index (χ0n) is 25.8. The summed E-state index contributed by atoms with van der Waals surface area (Å²) in [5.74, 6) is 0.814. The Hall–Kier alpha value is -4.90. The number of fused-ring (bicyclic) bond motifs is 2. The molecule has 5 rings (SSSR count). The van der Waals surface area contributed by atoms with Crippen LogP contribution in [0.4, 0.5) is 4.79 Å². The molecule has 0 radical (unpaired) electrons. The van der Waals surface area contributed by atoms with Crippen LogP contribution in [-0.4, -0.2) is 68.3 Å². The van der Waals surface area contributed by atoms with Gasteiger partial charge in [-0.25, -0.2) is 4.79 Å². The molecule has 0 unspecified atom stereocenters. The summed E-state index contributed by atoms with van der Waals surface area (Å²) < 4.78 is 22.1. The highest BCUT2D eigenvalue weighted by atomic mass is 16.7. The van der Waals surface area contributed by atoms with E-state index in [2.05, 4.69) is 10.3 Å². The van der Waals surface area contributed by atoms with Crippen molar-refractivity contribution in [3.8, 4) is 22.8 Å². The van der Waals surface area contributed by atoms with E-state index in [0.717, 1.165) is 49.7 Å². The molecule has 0 saturated carbocycles. The molecule has 10 nitrogen and oxygen atoms in total. The minimum atomic E-state index is -1.39.